The van der Waals surface area contributed by atoms with Gasteiger partial charge in [0, 0.05) is 37.8 Å². The molecule has 0 aromatic heterocycles. The van der Waals surface area contributed by atoms with Crippen LogP contribution in [-0.2, 0) is 4.74 Å². The summed E-state index contributed by atoms with van der Waals surface area (Å²) < 4.78 is 5.64. The summed E-state index contributed by atoms with van der Waals surface area (Å²) in [6.45, 7) is 10.3. The van der Waals surface area contributed by atoms with Crippen LogP contribution in [0.4, 0.5) is 0 Å². The summed E-state index contributed by atoms with van der Waals surface area (Å²) >= 11 is 0. The van der Waals surface area contributed by atoms with E-state index >= 15 is 0 Å². The Bertz CT molecular complexity index is 382. The molecule has 1 aliphatic rings. The molecule has 20 heavy (non-hydrogen) atoms. The molecule has 3 atom stereocenters. The molecule has 3 nitrogen and oxygen atoms in total. The number of hydrogen-bond acceptors (Lipinski definition) is 3. The van der Waals surface area contributed by atoms with Gasteiger partial charge in [-0.2, -0.15) is 0 Å². The molecule has 2 rings (SSSR count). The van der Waals surface area contributed by atoms with Crippen LogP contribution in [0.1, 0.15) is 38.8 Å². The Balaban J connectivity index is 2.11. The van der Waals surface area contributed by atoms with Crippen LogP contribution in [0.25, 0.3) is 0 Å². The van der Waals surface area contributed by atoms with Gasteiger partial charge in [0.15, 0.2) is 0 Å². The molecule has 1 aliphatic heterocycles. The zero-order chi connectivity index (χ0) is 14.4. The summed E-state index contributed by atoms with van der Waals surface area (Å²) in [6.07, 6.45) is 1.18. The van der Waals surface area contributed by atoms with Gasteiger partial charge in [0.1, 0.15) is 0 Å². The largest absolute Gasteiger partial charge is 0.380 e. The Hall–Kier alpha value is -0.900. The zero-order valence-electron chi connectivity index (χ0n) is 13.0. The van der Waals surface area contributed by atoms with Crippen molar-refractivity contribution in [2.75, 3.05) is 26.3 Å². The second kappa shape index (κ2) is 7.77. The van der Waals surface area contributed by atoms with Gasteiger partial charge in [0.25, 0.3) is 0 Å². The number of hydrogen-bond donors (Lipinski definition) is 1. The van der Waals surface area contributed by atoms with E-state index in [1.165, 1.54) is 12.0 Å². The van der Waals surface area contributed by atoms with Gasteiger partial charge in [-0.3, -0.25) is 4.90 Å². The maximum Gasteiger partial charge on any atom is 0.0619 e. The summed E-state index contributed by atoms with van der Waals surface area (Å²) in [6, 6.07) is 12.3. The van der Waals surface area contributed by atoms with Crippen LogP contribution in [0, 0.1) is 0 Å². The van der Waals surface area contributed by atoms with Crippen molar-refractivity contribution in [1.29, 1.82) is 0 Å². The number of nitrogens with zero attached hydrogens (tertiary/aromatic N) is 1. The molecule has 0 aliphatic carbocycles. The summed E-state index contributed by atoms with van der Waals surface area (Å²) in [5.74, 6) is 0. The highest BCUT2D eigenvalue weighted by atomic mass is 16.5. The fraction of sp³-hybridized carbons (Fsp3) is 0.647. The minimum absolute atomic E-state index is 0.453. The fourth-order valence-corrected chi connectivity index (χ4v) is 2.97. The molecule has 0 saturated carbocycles. The third-order valence-corrected chi connectivity index (χ3v) is 4.24. The fourth-order valence-electron chi connectivity index (χ4n) is 2.97. The third-order valence-electron chi connectivity index (χ3n) is 4.24. The van der Waals surface area contributed by atoms with Crippen molar-refractivity contribution in [2.24, 2.45) is 0 Å². The molecule has 112 valence electrons. The molecular weight excluding hydrogens is 248 g/mol. The molecule has 3 unspecified atom stereocenters. The minimum Gasteiger partial charge on any atom is -0.380 e. The van der Waals surface area contributed by atoms with Crippen LogP contribution in [0.15, 0.2) is 30.3 Å². The lowest BCUT2D eigenvalue weighted by Gasteiger charge is -2.43. The summed E-state index contributed by atoms with van der Waals surface area (Å²) in [5, 5.41) is 3.68. The first-order chi connectivity index (χ1) is 9.76. The summed E-state index contributed by atoms with van der Waals surface area (Å²) in [7, 11) is 0. The Morgan fingerprint density at radius 2 is 2.05 bits per heavy atom. The number of nitrogens with one attached hydrogen (secondary N) is 1. The van der Waals surface area contributed by atoms with E-state index in [1.54, 1.807) is 0 Å². The lowest BCUT2D eigenvalue weighted by Crippen LogP contribution is -2.55. The first-order valence-corrected chi connectivity index (χ1v) is 7.88. The molecule has 1 heterocycles. The van der Waals surface area contributed by atoms with Gasteiger partial charge in [-0.05, 0) is 25.8 Å². The minimum atomic E-state index is 0.453. The van der Waals surface area contributed by atoms with E-state index in [-0.39, 0.29) is 0 Å². The van der Waals surface area contributed by atoms with Crippen LogP contribution in [-0.4, -0.2) is 43.3 Å². The van der Waals surface area contributed by atoms with Crippen molar-refractivity contribution in [3.05, 3.63) is 35.9 Å². The third kappa shape index (κ3) is 3.81. The Kier molecular flexibility index (Phi) is 6.02. The van der Waals surface area contributed by atoms with Crippen molar-refractivity contribution < 1.29 is 4.74 Å². The highest BCUT2D eigenvalue weighted by Crippen LogP contribution is 2.26. The zero-order valence-corrected chi connectivity index (χ0v) is 13.0. The predicted octanol–water partition coefficient (Wildman–Crippen LogP) is 2.84. The van der Waals surface area contributed by atoms with E-state index in [0.29, 0.717) is 18.1 Å². The Morgan fingerprint density at radius 3 is 2.70 bits per heavy atom. The van der Waals surface area contributed by atoms with E-state index in [2.05, 4.69) is 61.3 Å². The second-order valence-corrected chi connectivity index (χ2v) is 5.65. The second-order valence-electron chi connectivity index (χ2n) is 5.65. The standard InChI is InChI=1S/C17H28N2O/c1-4-16-12-19(14(3)13-20-5-2)17(11-18-16)15-9-7-6-8-10-15/h6-10,14,16-18H,4-5,11-13H2,1-3H3. The van der Waals surface area contributed by atoms with Gasteiger partial charge in [0.05, 0.1) is 6.61 Å². The normalized spacial score (nSPS) is 25.6. The highest BCUT2D eigenvalue weighted by molar-refractivity contribution is 5.20. The van der Waals surface area contributed by atoms with Gasteiger partial charge in [0.2, 0.25) is 0 Å². The Morgan fingerprint density at radius 1 is 1.30 bits per heavy atom. The van der Waals surface area contributed by atoms with E-state index < -0.39 is 0 Å². The molecule has 0 spiro atoms. The molecule has 1 fully saturated rings. The number of ether oxygens (including phenoxy) is 1. The topological polar surface area (TPSA) is 24.5 Å². The average molecular weight is 276 g/mol. The smallest absolute Gasteiger partial charge is 0.0619 e. The van der Waals surface area contributed by atoms with Crippen molar-refractivity contribution in [1.82, 2.24) is 10.2 Å². The first kappa shape index (κ1) is 15.5. The van der Waals surface area contributed by atoms with E-state index in [4.69, 9.17) is 4.74 Å². The van der Waals surface area contributed by atoms with Crippen molar-refractivity contribution in [3.63, 3.8) is 0 Å². The van der Waals surface area contributed by atoms with Crippen molar-refractivity contribution >= 4 is 0 Å². The first-order valence-electron chi connectivity index (χ1n) is 7.88. The molecule has 1 aromatic carbocycles. The van der Waals surface area contributed by atoms with E-state index in [1.807, 2.05) is 0 Å². The monoisotopic (exact) mass is 276 g/mol. The van der Waals surface area contributed by atoms with Crippen LogP contribution in [0.5, 0.6) is 0 Å². The number of rotatable bonds is 6. The van der Waals surface area contributed by atoms with Gasteiger partial charge in [-0.1, -0.05) is 37.3 Å². The van der Waals surface area contributed by atoms with Crippen LogP contribution in [0.2, 0.25) is 0 Å². The number of piperazine rings is 1. The highest BCUT2D eigenvalue weighted by Gasteiger charge is 2.31. The maximum absolute atomic E-state index is 5.64. The van der Waals surface area contributed by atoms with Crippen molar-refractivity contribution in [3.8, 4) is 0 Å². The Labute approximate surface area is 123 Å². The maximum atomic E-state index is 5.64. The van der Waals surface area contributed by atoms with Crippen molar-refractivity contribution in [2.45, 2.75) is 45.3 Å². The molecule has 0 bridgehead atoms. The average Bonchev–Trinajstić information content (AvgIpc) is 2.52. The van der Waals surface area contributed by atoms with E-state index in [9.17, 15) is 0 Å². The molecule has 0 amide bonds. The van der Waals surface area contributed by atoms with Gasteiger partial charge in [-0.25, -0.2) is 0 Å². The molecule has 1 aromatic rings. The molecule has 1 N–H and O–H groups in total. The number of benzene rings is 1. The SMILES string of the molecule is CCOCC(C)N1CC(CC)NCC1c1ccccc1. The van der Waals surface area contributed by atoms with Gasteiger partial charge >= 0.3 is 0 Å². The van der Waals surface area contributed by atoms with Gasteiger partial charge < -0.3 is 10.1 Å². The molecule has 0 radical (unpaired) electrons. The lowest BCUT2D eigenvalue weighted by atomic mass is 9.98. The molecule has 3 heteroatoms. The van der Waals surface area contributed by atoms with Crippen LogP contribution < -0.4 is 5.32 Å². The lowest BCUT2D eigenvalue weighted by molar-refractivity contribution is 0.0271. The van der Waals surface area contributed by atoms with Crippen LogP contribution in [0.3, 0.4) is 0 Å². The summed E-state index contributed by atoms with van der Waals surface area (Å²) in [4.78, 5) is 2.61. The van der Waals surface area contributed by atoms with Gasteiger partial charge in [-0.15, -0.1) is 0 Å². The van der Waals surface area contributed by atoms with Crippen LogP contribution >= 0.6 is 0 Å². The predicted molar refractivity (Wildman–Crippen MR) is 83.9 cm³/mol. The molecule has 1 saturated heterocycles. The quantitative estimate of drug-likeness (QED) is 0.864. The summed E-state index contributed by atoms with van der Waals surface area (Å²) in [5.41, 5.74) is 1.40. The van der Waals surface area contributed by atoms with E-state index in [0.717, 1.165) is 26.3 Å². The molecular formula is C17H28N2O.